The lowest BCUT2D eigenvalue weighted by Crippen LogP contribution is -2.54. The maximum atomic E-state index is 13.9. The van der Waals surface area contributed by atoms with E-state index < -0.39 is 26.2 Å². The van der Waals surface area contributed by atoms with E-state index in [4.69, 9.17) is 0 Å². The second-order valence-electron chi connectivity index (χ2n) is 5.41. The zero-order valence-corrected chi connectivity index (χ0v) is 13.4. The molecule has 1 aromatic rings. The van der Waals surface area contributed by atoms with Gasteiger partial charge in [-0.3, -0.25) is 0 Å². The number of aliphatic hydroxyl groups is 1. The minimum absolute atomic E-state index is 0.119. The second kappa shape index (κ2) is 5.36. The molecule has 0 amide bonds. The van der Waals surface area contributed by atoms with Crippen LogP contribution >= 0.6 is 15.9 Å². The molecule has 0 heterocycles. The number of benzene rings is 1. The van der Waals surface area contributed by atoms with E-state index in [0.717, 1.165) is 0 Å². The Morgan fingerprint density at radius 1 is 1.35 bits per heavy atom. The largest absolute Gasteiger partial charge is 0.387 e. The lowest BCUT2D eigenvalue weighted by atomic mass is 9.82. The molecule has 0 aromatic heterocycles. The minimum Gasteiger partial charge on any atom is -0.387 e. The van der Waals surface area contributed by atoms with Crippen molar-refractivity contribution in [3.8, 4) is 0 Å². The van der Waals surface area contributed by atoms with Crippen LogP contribution in [-0.2, 0) is 10.0 Å². The van der Waals surface area contributed by atoms with Crippen molar-refractivity contribution in [3.63, 3.8) is 0 Å². The topological polar surface area (TPSA) is 66.4 Å². The van der Waals surface area contributed by atoms with Gasteiger partial charge in [0.05, 0.1) is 14.9 Å². The third-order valence-electron chi connectivity index (χ3n) is 3.58. The van der Waals surface area contributed by atoms with E-state index in [2.05, 4.69) is 20.7 Å². The molecule has 1 aliphatic carbocycles. The summed E-state index contributed by atoms with van der Waals surface area (Å²) in [6.45, 7) is 1.43. The van der Waals surface area contributed by atoms with E-state index in [-0.39, 0.29) is 17.7 Å². The lowest BCUT2D eigenvalue weighted by Gasteiger charge is -2.41. The lowest BCUT2D eigenvalue weighted by molar-refractivity contribution is -0.0561. The van der Waals surface area contributed by atoms with Gasteiger partial charge in [0.2, 0.25) is 10.0 Å². The van der Waals surface area contributed by atoms with Crippen molar-refractivity contribution < 1.29 is 17.9 Å². The first-order valence-electron chi connectivity index (χ1n) is 6.29. The summed E-state index contributed by atoms with van der Waals surface area (Å²) in [5, 5.41) is 9.82. The van der Waals surface area contributed by atoms with Crippen LogP contribution in [0, 0.1) is 0 Å². The maximum Gasteiger partial charge on any atom is 0.241 e. The summed E-state index contributed by atoms with van der Waals surface area (Å²) in [6.07, 6.45) is -1.12. The average molecular weight is 366 g/mol. The molecule has 3 atom stereocenters. The first kappa shape index (κ1) is 15.9. The molecule has 0 unspecified atom stereocenters. The highest BCUT2D eigenvalue weighted by atomic mass is 79.9. The van der Waals surface area contributed by atoms with Crippen molar-refractivity contribution in [2.24, 2.45) is 0 Å². The van der Waals surface area contributed by atoms with Crippen LogP contribution < -0.4 is 4.72 Å². The molecule has 1 aliphatic rings. The molecule has 1 aromatic carbocycles. The molecule has 2 N–H and O–H groups in total. The van der Waals surface area contributed by atoms with Gasteiger partial charge in [-0.05, 0) is 31.9 Å². The van der Waals surface area contributed by atoms with Gasteiger partial charge in [-0.25, -0.2) is 12.8 Å². The van der Waals surface area contributed by atoms with Gasteiger partial charge in [-0.2, -0.15) is 4.72 Å². The molecule has 0 spiro atoms. The van der Waals surface area contributed by atoms with Gasteiger partial charge in [-0.15, -0.1) is 0 Å². The van der Waals surface area contributed by atoms with Crippen LogP contribution in [0.5, 0.6) is 0 Å². The molecule has 4 nitrogen and oxygen atoms in total. The summed E-state index contributed by atoms with van der Waals surface area (Å²) in [7, 11) is -3.72. The average Bonchev–Trinajstić information content (AvgIpc) is 2.36. The van der Waals surface area contributed by atoms with E-state index in [0.29, 0.717) is 6.42 Å². The summed E-state index contributed by atoms with van der Waals surface area (Å²) >= 11 is 3.28. The molecule has 20 heavy (non-hydrogen) atoms. The SMILES string of the molecule is C[C@]1(O)CC[C@@](Br)(NS(=O)(=O)c2ccccc2)C[C@@H]1F. The molecule has 112 valence electrons. The number of rotatable bonds is 3. The van der Waals surface area contributed by atoms with Crippen molar-refractivity contribution in [2.75, 3.05) is 0 Å². The predicted molar refractivity (Wildman–Crippen MR) is 77.8 cm³/mol. The minimum atomic E-state index is -3.72. The fraction of sp³-hybridized carbons (Fsp3) is 0.538. The molecule has 0 radical (unpaired) electrons. The highest BCUT2D eigenvalue weighted by Gasteiger charge is 2.47. The highest BCUT2D eigenvalue weighted by molar-refractivity contribution is 9.10. The van der Waals surface area contributed by atoms with Crippen molar-refractivity contribution >= 4 is 26.0 Å². The quantitative estimate of drug-likeness (QED) is 0.638. The smallest absolute Gasteiger partial charge is 0.241 e. The Balaban J connectivity index is 2.18. The van der Waals surface area contributed by atoms with Crippen LogP contribution in [0.1, 0.15) is 26.2 Å². The van der Waals surface area contributed by atoms with Gasteiger partial charge < -0.3 is 5.11 Å². The van der Waals surface area contributed by atoms with E-state index in [1.165, 1.54) is 19.1 Å². The monoisotopic (exact) mass is 365 g/mol. The van der Waals surface area contributed by atoms with Gasteiger partial charge in [0, 0.05) is 6.42 Å². The van der Waals surface area contributed by atoms with E-state index >= 15 is 0 Å². The third kappa shape index (κ3) is 3.39. The number of nitrogens with one attached hydrogen (secondary N) is 1. The molecule has 1 saturated carbocycles. The van der Waals surface area contributed by atoms with E-state index in [1.807, 2.05) is 0 Å². The number of hydrogen-bond donors (Lipinski definition) is 2. The molecular weight excluding hydrogens is 349 g/mol. The van der Waals surface area contributed by atoms with Gasteiger partial charge in [0.15, 0.2) is 0 Å². The Kier molecular flexibility index (Phi) is 4.26. The van der Waals surface area contributed by atoms with Crippen LogP contribution in [0.25, 0.3) is 0 Å². The standard InChI is InChI=1S/C13H17BrFNO3S/c1-12(17)7-8-13(14,9-11(12)15)16-20(18,19)10-5-3-2-4-6-10/h2-6,11,16-17H,7-9H2,1H3/t11-,12-,13+/m0/s1. The Morgan fingerprint density at radius 2 is 1.95 bits per heavy atom. The molecule has 0 saturated heterocycles. The fourth-order valence-electron chi connectivity index (χ4n) is 2.21. The second-order valence-corrected chi connectivity index (χ2v) is 8.61. The molecule has 0 aliphatic heterocycles. The van der Waals surface area contributed by atoms with Crippen LogP contribution in [0.3, 0.4) is 0 Å². The van der Waals surface area contributed by atoms with Crippen molar-refractivity contribution in [2.45, 2.75) is 47.3 Å². The van der Waals surface area contributed by atoms with Crippen LogP contribution in [-0.4, -0.2) is 29.7 Å². The zero-order valence-electron chi connectivity index (χ0n) is 11.0. The fourth-order valence-corrected chi connectivity index (χ4v) is 4.63. The summed E-state index contributed by atoms with van der Waals surface area (Å²) in [6, 6.07) is 7.92. The summed E-state index contributed by atoms with van der Waals surface area (Å²) in [5.74, 6) is 0. The Hall–Kier alpha value is -0.500. The van der Waals surface area contributed by atoms with Crippen molar-refractivity contribution in [3.05, 3.63) is 30.3 Å². The molecule has 0 bridgehead atoms. The van der Waals surface area contributed by atoms with Crippen LogP contribution in [0.15, 0.2) is 35.2 Å². The number of alkyl halides is 2. The Labute approximate surface area is 126 Å². The van der Waals surface area contributed by atoms with E-state index in [9.17, 15) is 17.9 Å². The maximum absolute atomic E-state index is 13.9. The normalized spacial score (nSPS) is 34.9. The summed E-state index contributed by atoms with van der Waals surface area (Å²) in [5.41, 5.74) is -1.41. The number of halogens is 2. The van der Waals surface area contributed by atoms with Gasteiger partial charge >= 0.3 is 0 Å². The van der Waals surface area contributed by atoms with Gasteiger partial charge in [0.25, 0.3) is 0 Å². The summed E-state index contributed by atoms with van der Waals surface area (Å²) in [4.78, 5) is 0.131. The Morgan fingerprint density at radius 3 is 2.50 bits per heavy atom. The van der Waals surface area contributed by atoms with E-state index in [1.54, 1.807) is 18.2 Å². The predicted octanol–water partition coefficient (Wildman–Crippen LogP) is 2.33. The molecule has 7 heteroatoms. The highest BCUT2D eigenvalue weighted by Crippen LogP contribution is 2.41. The molecular formula is C13H17BrFNO3S. The zero-order chi connectivity index (χ0) is 15.0. The van der Waals surface area contributed by atoms with Crippen LogP contribution in [0.4, 0.5) is 4.39 Å². The van der Waals surface area contributed by atoms with Crippen LogP contribution in [0.2, 0.25) is 0 Å². The number of hydrogen-bond acceptors (Lipinski definition) is 3. The van der Waals surface area contributed by atoms with Gasteiger partial charge in [0.1, 0.15) is 6.17 Å². The number of sulfonamides is 1. The molecule has 2 rings (SSSR count). The van der Waals surface area contributed by atoms with Crippen molar-refractivity contribution in [1.29, 1.82) is 0 Å². The van der Waals surface area contributed by atoms with Crippen molar-refractivity contribution in [1.82, 2.24) is 4.72 Å². The third-order valence-corrected chi connectivity index (χ3v) is 6.31. The molecule has 1 fully saturated rings. The first-order chi connectivity index (χ1) is 9.15. The first-order valence-corrected chi connectivity index (χ1v) is 8.57. The van der Waals surface area contributed by atoms with Gasteiger partial charge in [-0.1, -0.05) is 34.1 Å². The Bertz CT molecular complexity index is 579. The summed E-state index contributed by atoms with van der Waals surface area (Å²) < 4.78 is 39.8.